The molecular formula is C14H17ClN2O4. The van der Waals surface area contributed by atoms with Crippen molar-refractivity contribution in [2.45, 2.75) is 18.9 Å². The third-order valence-electron chi connectivity index (χ3n) is 3.18. The average Bonchev–Trinajstić information content (AvgIpc) is 2.45. The predicted molar refractivity (Wildman–Crippen MR) is 78.6 cm³/mol. The van der Waals surface area contributed by atoms with Crippen LogP contribution < -0.4 is 15.4 Å². The van der Waals surface area contributed by atoms with Crippen LogP contribution in [0.15, 0.2) is 18.2 Å². The van der Waals surface area contributed by atoms with Crippen molar-refractivity contribution in [1.29, 1.82) is 0 Å². The highest BCUT2D eigenvalue weighted by molar-refractivity contribution is 6.31. The first-order valence-electron chi connectivity index (χ1n) is 6.54. The maximum atomic E-state index is 12.2. The van der Waals surface area contributed by atoms with Crippen molar-refractivity contribution in [3.8, 4) is 5.75 Å². The second-order valence-corrected chi connectivity index (χ2v) is 5.27. The van der Waals surface area contributed by atoms with Gasteiger partial charge < -0.3 is 20.1 Å². The third kappa shape index (κ3) is 3.28. The summed E-state index contributed by atoms with van der Waals surface area (Å²) in [6.45, 7) is 2.38. The number of methoxy groups -OCH3 is 1. The number of nitrogens with one attached hydrogen (secondary N) is 2. The lowest BCUT2D eigenvalue weighted by atomic mass is 10.0. The number of benzene rings is 1. The Bertz CT molecular complexity index is 564. The molecule has 0 bridgehead atoms. The molecule has 0 spiro atoms. The van der Waals surface area contributed by atoms with Crippen molar-refractivity contribution in [2.24, 2.45) is 0 Å². The van der Waals surface area contributed by atoms with Gasteiger partial charge in [-0.3, -0.25) is 9.59 Å². The van der Waals surface area contributed by atoms with Gasteiger partial charge in [-0.05, 0) is 31.5 Å². The molecule has 7 heteroatoms. The normalized spacial score (nSPS) is 20.2. The van der Waals surface area contributed by atoms with E-state index in [9.17, 15) is 9.59 Å². The number of ether oxygens (including phenoxy) is 2. The van der Waals surface area contributed by atoms with Gasteiger partial charge in [0.15, 0.2) is 0 Å². The summed E-state index contributed by atoms with van der Waals surface area (Å²) in [6.07, 6.45) is 0.659. The van der Waals surface area contributed by atoms with Crippen molar-refractivity contribution in [3.63, 3.8) is 0 Å². The van der Waals surface area contributed by atoms with E-state index in [1.54, 1.807) is 25.3 Å². The van der Waals surface area contributed by atoms with E-state index >= 15 is 0 Å². The van der Waals surface area contributed by atoms with Crippen LogP contribution in [0.5, 0.6) is 5.75 Å². The van der Waals surface area contributed by atoms with Gasteiger partial charge in [0.05, 0.1) is 5.69 Å². The summed E-state index contributed by atoms with van der Waals surface area (Å²) in [4.78, 5) is 24.4. The first-order chi connectivity index (χ1) is 9.97. The Balaban J connectivity index is 2.10. The molecule has 1 heterocycles. The Labute approximate surface area is 127 Å². The number of anilines is 1. The Morgan fingerprint density at radius 3 is 3.00 bits per heavy atom. The van der Waals surface area contributed by atoms with Crippen molar-refractivity contribution in [1.82, 2.24) is 5.32 Å². The van der Waals surface area contributed by atoms with Crippen molar-refractivity contribution in [3.05, 3.63) is 23.2 Å². The van der Waals surface area contributed by atoms with Crippen LogP contribution in [0.4, 0.5) is 5.69 Å². The molecule has 2 N–H and O–H groups in total. The van der Waals surface area contributed by atoms with E-state index in [1.807, 2.05) is 0 Å². The number of hydrogen-bond acceptors (Lipinski definition) is 4. The Morgan fingerprint density at radius 2 is 2.29 bits per heavy atom. The summed E-state index contributed by atoms with van der Waals surface area (Å²) >= 11 is 5.86. The van der Waals surface area contributed by atoms with E-state index in [2.05, 4.69) is 10.6 Å². The van der Waals surface area contributed by atoms with Crippen molar-refractivity contribution in [2.75, 3.05) is 25.6 Å². The molecule has 114 valence electrons. The van der Waals surface area contributed by atoms with E-state index in [4.69, 9.17) is 21.1 Å². The van der Waals surface area contributed by atoms with E-state index < -0.39 is 17.4 Å². The van der Waals surface area contributed by atoms with Crippen LogP contribution in [0, 0.1) is 0 Å². The second kappa shape index (κ2) is 6.32. The fourth-order valence-corrected chi connectivity index (χ4v) is 2.11. The number of carbonyl (C=O) groups is 2. The highest BCUT2D eigenvalue weighted by atomic mass is 35.5. The molecule has 0 radical (unpaired) electrons. The molecule has 0 saturated carbocycles. The van der Waals surface area contributed by atoms with E-state index in [0.717, 1.165) is 0 Å². The van der Waals surface area contributed by atoms with Crippen molar-refractivity contribution >= 4 is 29.1 Å². The molecule has 21 heavy (non-hydrogen) atoms. The first kappa shape index (κ1) is 15.6. The first-order valence-corrected chi connectivity index (χ1v) is 6.92. The van der Waals surface area contributed by atoms with Crippen LogP contribution >= 0.6 is 11.6 Å². The molecule has 6 nitrogen and oxygen atoms in total. The molecule has 0 saturated heterocycles. The molecule has 0 aliphatic carbocycles. The molecule has 2 amide bonds. The van der Waals surface area contributed by atoms with Gasteiger partial charge in [-0.2, -0.15) is 0 Å². The minimum atomic E-state index is -1.60. The quantitative estimate of drug-likeness (QED) is 0.639. The molecule has 1 aliphatic heterocycles. The highest BCUT2D eigenvalue weighted by Gasteiger charge is 2.47. The van der Waals surface area contributed by atoms with Crippen LogP contribution in [-0.4, -0.2) is 37.7 Å². The number of halogens is 1. The zero-order valence-electron chi connectivity index (χ0n) is 11.9. The Morgan fingerprint density at radius 1 is 1.52 bits per heavy atom. The fourth-order valence-electron chi connectivity index (χ4n) is 1.93. The van der Waals surface area contributed by atoms with Gasteiger partial charge in [-0.25, -0.2) is 0 Å². The molecule has 1 aromatic rings. The van der Waals surface area contributed by atoms with Gasteiger partial charge in [-0.1, -0.05) is 11.6 Å². The summed E-state index contributed by atoms with van der Waals surface area (Å²) in [6, 6.07) is 4.83. The van der Waals surface area contributed by atoms with E-state index in [1.165, 1.54) is 6.92 Å². The van der Waals surface area contributed by atoms with E-state index in [0.29, 0.717) is 36.0 Å². The number of fused-ring (bicyclic) bond motifs is 1. The SMILES string of the molecule is COCCCNC(=O)C1(C)Oc2ccc(Cl)cc2NC1=O. The number of hydrogen-bond donors (Lipinski definition) is 2. The standard InChI is InChI=1S/C14H17ClN2O4/c1-14(12(18)16-6-3-7-20-2)13(19)17-10-8-9(15)4-5-11(10)21-14/h4-5,8H,3,6-7H2,1-2H3,(H,16,18)(H,17,19). The van der Waals surface area contributed by atoms with Crippen molar-refractivity contribution < 1.29 is 19.1 Å². The van der Waals surface area contributed by atoms with Crippen LogP contribution in [0.2, 0.25) is 5.02 Å². The largest absolute Gasteiger partial charge is 0.466 e. The maximum absolute atomic E-state index is 12.2. The third-order valence-corrected chi connectivity index (χ3v) is 3.42. The highest BCUT2D eigenvalue weighted by Crippen LogP contribution is 2.35. The molecule has 1 unspecified atom stereocenters. The zero-order chi connectivity index (χ0) is 15.5. The summed E-state index contributed by atoms with van der Waals surface area (Å²) in [5.41, 5.74) is -1.15. The minimum absolute atomic E-state index is 0.409. The second-order valence-electron chi connectivity index (χ2n) is 4.83. The monoisotopic (exact) mass is 312 g/mol. The number of rotatable bonds is 5. The summed E-state index contributed by atoms with van der Waals surface area (Å²) in [7, 11) is 1.59. The maximum Gasteiger partial charge on any atom is 0.278 e. The van der Waals surface area contributed by atoms with Crippen LogP contribution in [-0.2, 0) is 14.3 Å². The zero-order valence-corrected chi connectivity index (χ0v) is 12.6. The Kier molecular flexibility index (Phi) is 4.69. The fraction of sp³-hybridized carbons (Fsp3) is 0.429. The lowest BCUT2D eigenvalue weighted by molar-refractivity contribution is -0.146. The summed E-state index contributed by atoms with van der Waals surface area (Å²) in [5.74, 6) is -0.605. The smallest absolute Gasteiger partial charge is 0.278 e. The molecule has 1 atom stereocenters. The molecule has 0 fully saturated rings. The van der Waals surface area contributed by atoms with E-state index in [-0.39, 0.29) is 0 Å². The van der Waals surface area contributed by atoms with Gasteiger partial charge in [0.2, 0.25) is 0 Å². The average molecular weight is 313 g/mol. The molecule has 1 aliphatic rings. The molecule has 0 aromatic heterocycles. The molecular weight excluding hydrogens is 296 g/mol. The van der Waals surface area contributed by atoms with Gasteiger partial charge >= 0.3 is 0 Å². The molecule has 1 aromatic carbocycles. The van der Waals surface area contributed by atoms with Crippen LogP contribution in [0.3, 0.4) is 0 Å². The molecule has 2 rings (SSSR count). The number of carbonyl (C=O) groups excluding carboxylic acids is 2. The predicted octanol–water partition coefficient (Wildman–Crippen LogP) is 1.58. The lowest BCUT2D eigenvalue weighted by Crippen LogP contribution is -2.58. The van der Waals surface area contributed by atoms with Gasteiger partial charge in [0, 0.05) is 25.3 Å². The van der Waals surface area contributed by atoms with Crippen LogP contribution in [0.25, 0.3) is 0 Å². The Hall–Kier alpha value is -1.79. The topological polar surface area (TPSA) is 76.7 Å². The van der Waals surface area contributed by atoms with Gasteiger partial charge in [0.1, 0.15) is 5.75 Å². The van der Waals surface area contributed by atoms with Crippen LogP contribution in [0.1, 0.15) is 13.3 Å². The lowest BCUT2D eigenvalue weighted by Gasteiger charge is -2.33. The number of amides is 2. The minimum Gasteiger partial charge on any atom is -0.466 e. The summed E-state index contributed by atoms with van der Waals surface area (Å²) in [5, 5.41) is 5.79. The van der Waals surface area contributed by atoms with Gasteiger partial charge in [0.25, 0.3) is 17.4 Å². The van der Waals surface area contributed by atoms with Gasteiger partial charge in [-0.15, -0.1) is 0 Å². The summed E-state index contributed by atoms with van der Waals surface area (Å²) < 4.78 is 10.5.